The number of amides is 1. The average molecular weight is 346 g/mol. The number of ether oxygens (including phenoxy) is 2. The number of rotatable bonds is 2. The Morgan fingerprint density at radius 3 is 2.67 bits per heavy atom. The summed E-state index contributed by atoms with van der Waals surface area (Å²) in [5, 5.41) is 0.251. The molecule has 0 saturated carbocycles. The highest BCUT2D eigenvalue weighted by atomic mass is 35.5. The number of carbonyl (C=O) groups excluding carboxylic acids is 1. The molecule has 7 heteroatoms. The molecule has 1 aromatic heterocycles. The third-order valence-electron chi connectivity index (χ3n) is 4.28. The molecule has 0 N–H and O–H groups in total. The molecule has 1 amide bonds. The van der Waals surface area contributed by atoms with Gasteiger partial charge < -0.3 is 19.3 Å². The second-order valence-electron chi connectivity index (χ2n) is 5.66. The normalized spacial score (nSPS) is 16.4. The molecule has 2 aromatic rings. The van der Waals surface area contributed by atoms with Crippen molar-refractivity contribution >= 4 is 23.2 Å². The lowest BCUT2D eigenvalue weighted by Gasteiger charge is -2.36. The van der Waals surface area contributed by atoms with Crippen LogP contribution in [0.15, 0.2) is 36.5 Å². The molecule has 6 nitrogen and oxygen atoms in total. The van der Waals surface area contributed by atoms with Gasteiger partial charge in [-0.15, -0.1) is 0 Å². The lowest BCUT2D eigenvalue weighted by Crippen LogP contribution is -2.48. The smallest absolute Gasteiger partial charge is 0.257 e. The van der Waals surface area contributed by atoms with Gasteiger partial charge in [0.1, 0.15) is 5.15 Å². The Hall–Kier alpha value is -2.47. The summed E-state index contributed by atoms with van der Waals surface area (Å²) in [6, 6.07) is 9.36. The Kier molecular flexibility index (Phi) is 3.90. The molecular weight excluding hydrogens is 330 g/mol. The summed E-state index contributed by atoms with van der Waals surface area (Å²) in [6.07, 6.45) is 1.58. The summed E-state index contributed by atoms with van der Waals surface area (Å²) in [5.74, 6) is 1.48. The Morgan fingerprint density at radius 1 is 1.08 bits per heavy atom. The number of anilines is 1. The Bertz CT molecular complexity index is 775. The predicted molar refractivity (Wildman–Crippen MR) is 89.9 cm³/mol. The number of pyridine rings is 1. The lowest BCUT2D eigenvalue weighted by atomic mass is 10.2. The molecule has 1 fully saturated rings. The summed E-state index contributed by atoms with van der Waals surface area (Å²) in [6.45, 7) is 3.05. The predicted octanol–water partition coefficient (Wildman–Crippen LogP) is 2.43. The van der Waals surface area contributed by atoms with Crippen LogP contribution in [0.4, 0.5) is 5.69 Å². The molecule has 1 saturated heterocycles. The van der Waals surface area contributed by atoms with Crippen molar-refractivity contribution in [2.45, 2.75) is 0 Å². The van der Waals surface area contributed by atoms with Crippen molar-refractivity contribution in [3.63, 3.8) is 0 Å². The van der Waals surface area contributed by atoms with Gasteiger partial charge in [0, 0.05) is 44.1 Å². The number of carbonyl (C=O) groups is 1. The van der Waals surface area contributed by atoms with Crippen LogP contribution in [0.25, 0.3) is 0 Å². The van der Waals surface area contributed by atoms with E-state index in [4.69, 9.17) is 21.1 Å². The maximum Gasteiger partial charge on any atom is 0.257 e. The first-order valence-corrected chi connectivity index (χ1v) is 8.14. The quantitative estimate of drug-likeness (QED) is 0.782. The van der Waals surface area contributed by atoms with E-state index in [1.54, 1.807) is 18.3 Å². The van der Waals surface area contributed by atoms with E-state index < -0.39 is 0 Å². The molecule has 0 bridgehead atoms. The van der Waals surface area contributed by atoms with Crippen LogP contribution in [0.5, 0.6) is 11.5 Å². The zero-order chi connectivity index (χ0) is 16.5. The van der Waals surface area contributed by atoms with E-state index in [2.05, 4.69) is 9.88 Å². The molecule has 2 aliphatic rings. The minimum atomic E-state index is -0.0709. The highest BCUT2D eigenvalue weighted by Crippen LogP contribution is 2.35. The highest BCUT2D eigenvalue weighted by Gasteiger charge is 2.25. The van der Waals surface area contributed by atoms with Crippen LogP contribution in [0, 0.1) is 0 Å². The first-order chi connectivity index (χ1) is 11.7. The van der Waals surface area contributed by atoms with Crippen LogP contribution in [0.3, 0.4) is 0 Å². The first-order valence-electron chi connectivity index (χ1n) is 7.77. The lowest BCUT2D eigenvalue weighted by molar-refractivity contribution is 0.0746. The number of hydrogen-bond donors (Lipinski definition) is 0. The molecule has 0 unspecified atom stereocenters. The molecule has 1 aromatic carbocycles. The molecule has 4 rings (SSSR count). The van der Waals surface area contributed by atoms with Crippen LogP contribution in [-0.4, -0.2) is 48.8 Å². The van der Waals surface area contributed by atoms with Crippen LogP contribution in [0.2, 0.25) is 5.15 Å². The SMILES string of the molecule is O=C(c1cccnc1Cl)N1CCN(c2ccc3c(c2)OCO3)CC1. The van der Waals surface area contributed by atoms with Crippen molar-refractivity contribution < 1.29 is 14.3 Å². The van der Waals surface area contributed by atoms with E-state index in [0.29, 0.717) is 18.7 Å². The van der Waals surface area contributed by atoms with Crippen molar-refractivity contribution in [1.29, 1.82) is 0 Å². The zero-order valence-corrected chi connectivity index (χ0v) is 13.7. The van der Waals surface area contributed by atoms with Gasteiger partial charge in [-0.25, -0.2) is 4.98 Å². The van der Waals surface area contributed by atoms with Crippen LogP contribution < -0.4 is 14.4 Å². The third kappa shape index (κ3) is 2.73. The second kappa shape index (κ2) is 6.20. The molecule has 2 aliphatic heterocycles. The van der Waals surface area contributed by atoms with Gasteiger partial charge >= 0.3 is 0 Å². The molecule has 24 heavy (non-hydrogen) atoms. The Morgan fingerprint density at radius 2 is 1.88 bits per heavy atom. The van der Waals surface area contributed by atoms with Crippen molar-refractivity contribution in [2.75, 3.05) is 37.9 Å². The second-order valence-corrected chi connectivity index (χ2v) is 6.02. The summed E-state index contributed by atoms with van der Waals surface area (Å²) in [7, 11) is 0. The van der Waals surface area contributed by atoms with Gasteiger partial charge in [-0.2, -0.15) is 0 Å². The van der Waals surface area contributed by atoms with Gasteiger partial charge in [-0.1, -0.05) is 11.6 Å². The van der Waals surface area contributed by atoms with Crippen LogP contribution in [-0.2, 0) is 0 Å². The summed E-state index contributed by atoms with van der Waals surface area (Å²) < 4.78 is 10.8. The average Bonchev–Trinajstić information content (AvgIpc) is 3.09. The van der Waals surface area contributed by atoms with E-state index in [-0.39, 0.29) is 17.9 Å². The summed E-state index contributed by atoms with van der Waals surface area (Å²) >= 11 is 6.02. The third-order valence-corrected chi connectivity index (χ3v) is 4.58. The first kappa shape index (κ1) is 15.1. The molecule has 0 radical (unpaired) electrons. The molecular formula is C17H16ClN3O3. The van der Waals surface area contributed by atoms with Gasteiger partial charge in [0.05, 0.1) is 5.56 Å². The van der Waals surface area contributed by atoms with Crippen molar-refractivity contribution in [2.24, 2.45) is 0 Å². The van der Waals surface area contributed by atoms with Crippen molar-refractivity contribution in [3.8, 4) is 11.5 Å². The summed E-state index contributed by atoms with van der Waals surface area (Å²) in [5.41, 5.74) is 1.53. The Balaban J connectivity index is 1.43. The van der Waals surface area contributed by atoms with Gasteiger partial charge in [0.25, 0.3) is 5.91 Å². The van der Waals surface area contributed by atoms with Crippen LogP contribution in [0.1, 0.15) is 10.4 Å². The largest absolute Gasteiger partial charge is 0.454 e. The van der Waals surface area contributed by atoms with Gasteiger partial charge in [-0.05, 0) is 24.3 Å². The monoisotopic (exact) mass is 345 g/mol. The number of benzene rings is 1. The van der Waals surface area contributed by atoms with Crippen LogP contribution >= 0.6 is 11.6 Å². The number of piperazine rings is 1. The number of aromatic nitrogens is 1. The van der Waals surface area contributed by atoms with Crippen molar-refractivity contribution in [3.05, 3.63) is 47.2 Å². The van der Waals surface area contributed by atoms with Gasteiger partial charge in [0.15, 0.2) is 11.5 Å². The van der Waals surface area contributed by atoms with E-state index in [1.807, 2.05) is 23.1 Å². The van der Waals surface area contributed by atoms with Gasteiger partial charge in [-0.3, -0.25) is 4.79 Å². The molecule has 0 atom stereocenters. The number of hydrogen-bond acceptors (Lipinski definition) is 5. The maximum atomic E-state index is 12.6. The van der Waals surface area contributed by atoms with E-state index in [1.165, 1.54) is 0 Å². The fourth-order valence-corrected chi connectivity index (χ4v) is 3.17. The number of fused-ring (bicyclic) bond motifs is 1. The molecule has 3 heterocycles. The number of halogens is 1. The summed E-state index contributed by atoms with van der Waals surface area (Å²) in [4.78, 5) is 20.6. The standard InChI is InChI=1S/C17H16ClN3O3/c18-16-13(2-1-5-19-16)17(22)21-8-6-20(7-9-21)12-3-4-14-15(10-12)24-11-23-14/h1-5,10H,6-9,11H2. The molecule has 0 spiro atoms. The fourth-order valence-electron chi connectivity index (χ4n) is 2.97. The highest BCUT2D eigenvalue weighted by molar-refractivity contribution is 6.32. The minimum Gasteiger partial charge on any atom is -0.454 e. The maximum absolute atomic E-state index is 12.6. The van der Waals surface area contributed by atoms with Gasteiger partial charge in [0.2, 0.25) is 6.79 Å². The van der Waals surface area contributed by atoms with Crippen molar-refractivity contribution in [1.82, 2.24) is 9.88 Å². The number of nitrogens with zero attached hydrogens (tertiary/aromatic N) is 3. The fraction of sp³-hybridized carbons (Fsp3) is 0.294. The minimum absolute atomic E-state index is 0.0709. The topological polar surface area (TPSA) is 54.9 Å². The Labute approximate surface area is 144 Å². The van der Waals surface area contributed by atoms with E-state index in [0.717, 1.165) is 30.3 Å². The molecule has 0 aliphatic carbocycles. The van der Waals surface area contributed by atoms with E-state index in [9.17, 15) is 4.79 Å². The van der Waals surface area contributed by atoms with E-state index >= 15 is 0 Å². The molecule has 124 valence electrons. The zero-order valence-electron chi connectivity index (χ0n) is 12.9.